The molecule has 0 spiro atoms. The number of hydrogen-bond acceptors (Lipinski definition) is 3. The largest absolute Gasteiger partial charge is 0.492 e. The van der Waals surface area contributed by atoms with Gasteiger partial charge >= 0.3 is 0 Å². The number of ether oxygens (including phenoxy) is 1. The Morgan fingerprint density at radius 2 is 1.68 bits per heavy atom. The van der Waals surface area contributed by atoms with Crippen molar-refractivity contribution in [3.8, 4) is 5.75 Å². The fraction of sp³-hybridized carbons (Fsp3) is 0.458. The van der Waals surface area contributed by atoms with Crippen molar-refractivity contribution in [2.24, 2.45) is 0 Å². The Morgan fingerprint density at radius 1 is 1.00 bits per heavy atom. The zero-order chi connectivity index (χ0) is 19.8. The van der Waals surface area contributed by atoms with Gasteiger partial charge in [0.15, 0.2) is 0 Å². The van der Waals surface area contributed by atoms with Crippen molar-refractivity contribution in [2.45, 2.75) is 57.9 Å². The third kappa shape index (κ3) is 6.10. The number of carbonyl (C=O) groups excluding carboxylic acids is 1. The Kier molecular flexibility index (Phi) is 7.49. The van der Waals surface area contributed by atoms with E-state index in [1.54, 1.807) is 0 Å². The minimum atomic E-state index is -0.0787. The summed E-state index contributed by atoms with van der Waals surface area (Å²) < 4.78 is 5.70. The van der Waals surface area contributed by atoms with Gasteiger partial charge in [-0.05, 0) is 60.7 Å². The SMILES string of the molecule is CC(C)NCCOc1ccc(NC(=O)c2ccc(C3CCCCC3)cc2)cc1. The molecule has 4 nitrogen and oxygen atoms in total. The van der Waals surface area contributed by atoms with E-state index >= 15 is 0 Å². The summed E-state index contributed by atoms with van der Waals surface area (Å²) >= 11 is 0. The lowest BCUT2D eigenvalue weighted by molar-refractivity contribution is 0.102. The van der Waals surface area contributed by atoms with Gasteiger partial charge in [-0.2, -0.15) is 0 Å². The first kappa shape index (κ1) is 20.4. The van der Waals surface area contributed by atoms with E-state index < -0.39 is 0 Å². The predicted octanol–water partition coefficient (Wildman–Crippen LogP) is 5.36. The molecule has 0 aromatic heterocycles. The number of benzene rings is 2. The molecule has 3 rings (SSSR count). The smallest absolute Gasteiger partial charge is 0.255 e. The Balaban J connectivity index is 1.50. The zero-order valence-electron chi connectivity index (χ0n) is 17.0. The quantitative estimate of drug-likeness (QED) is 0.606. The molecule has 0 atom stereocenters. The van der Waals surface area contributed by atoms with Crippen LogP contribution in [0.3, 0.4) is 0 Å². The molecule has 4 heteroatoms. The van der Waals surface area contributed by atoms with Crippen LogP contribution in [0.5, 0.6) is 5.75 Å². The van der Waals surface area contributed by atoms with E-state index in [4.69, 9.17) is 4.74 Å². The van der Waals surface area contributed by atoms with Gasteiger partial charge in [0.1, 0.15) is 12.4 Å². The molecule has 150 valence electrons. The number of carbonyl (C=O) groups is 1. The van der Waals surface area contributed by atoms with E-state index in [1.165, 1.54) is 37.7 Å². The highest BCUT2D eigenvalue weighted by Crippen LogP contribution is 2.32. The van der Waals surface area contributed by atoms with Crippen molar-refractivity contribution < 1.29 is 9.53 Å². The summed E-state index contributed by atoms with van der Waals surface area (Å²) in [6.45, 7) is 5.66. The van der Waals surface area contributed by atoms with Crippen molar-refractivity contribution in [2.75, 3.05) is 18.5 Å². The fourth-order valence-corrected chi connectivity index (χ4v) is 3.70. The summed E-state index contributed by atoms with van der Waals surface area (Å²) in [4.78, 5) is 12.5. The minimum absolute atomic E-state index is 0.0787. The molecule has 2 aromatic carbocycles. The molecule has 1 aliphatic carbocycles. The molecule has 1 amide bonds. The highest BCUT2D eigenvalue weighted by atomic mass is 16.5. The van der Waals surface area contributed by atoms with Gasteiger partial charge in [0.2, 0.25) is 0 Å². The summed E-state index contributed by atoms with van der Waals surface area (Å²) in [7, 11) is 0. The zero-order valence-corrected chi connectivity index (χ0v) is 17.0. The van der Waals surface area contributed by atoms with E-state index in [9.17, 15) is 4.79 Å². The van der Waals surface area contributed by atoms with Crippen molar-refractivity contribution in [3.05, 3.63) is 59.7 Å². The van der Waals surface area contributed by atoms with Gasteiger partial charge in [-0.25, -0.2) is 0 Å². The lowest BCUT2D eigenvalue weighted by Crippen LogP contribution is -2.27. The van der Waals surface area contributed by atoms with Crippen molar-refractivity contribution >= 4 is 11.6 Å². The van der Waals surface area contributed by atoms with Gasteiger partial charge in [0.25, 0.3) is 5.91 Å². The average molecular weight is 381 g/mol. The van der Waals surface area contributed by atoms with Gasteiger partial charge in [-0.3, -0.25) is 4.79 Å². The number of rotatable bonds is 8. The second kappa shape index (κ2) is 10.3. The Labute approximate surface area is 168 Å². The molecule has 28 heavy (non-hydrogen) atoms. The molecular formula is C24H32N2O2. The second-order valence-electron chi connectivity index (χ2n) is 7.89. The number of amides is 1. The van der Waals surface area contributed by atoms with Crippen LogP contribution in [-0.2, 0) is 0 Å². The second-order valence-corrected chi connectivity index (χ2v) is 7.89. The van der Waals surface area contributed by atoms with E-state index in [1.807, 2.05) is 36.4 Å². The first-order chi connectivity index (χ1) is 13.6. The third-order valence-electron chi connectivity index (χ3n) is 5.29. The molecule has 2 aromatic rings. The number of nitrogens with one attached hydrogen (secondary N) is 2. The van der Waals surface area contributed by atoms with Gasteiger partial charge in [0, 0.05) is 23.8 Å². The molecule has 0 unspecified atom stereocenters. The van der Waals surface area contributed by atoms with Crippen LogP contribution in [0.15, 0.2) is 48.5 Å². The molecular weight excluding hydrogens is 348 g/mol. The molecule has 2 N–H and O–H groups in total. The first-order valence-corrected chi connectivity index (χ1v) is 10.5. The van der Waals surface area contributed by atoms with Gasteiger partial charge in [-0.1, -0.05) is 45.2 Å². The van der Waals surface area contributed by atoms with E-state index in [0.717, 1.165) is 18.0 Å². The van der Waals surface area contributed by atoms with Crippen LogP contribution in [0.2, 0.25) is 0 Å². The van der Waals surface area contributed by atoms with Crippen molar-refractivity contribution in [1.29, 1.82) is 0 Å². The third-order valence-corrected chi connectivity index (χ3v) is 5.29. The van der Waals surface area contributed by atoms with E-state index in [-0.39, 0.29) is 5.91 Å². The van der Waals surface area contributed by atoms with Gasteiger partial charge in [0.05, 0.1) is 0 Å². The predicted molar refractivity (Wildman–Crippen MR) is 115 cm³/mol. The lowest BCUT2D eigenvalue weighted by Gasteiger charge is -2.22. The van der Waals surface area contributed by atoms with Crippen LogP contribution in [0, 0.1) is 0 Å². The average Bonchev–Trinajstić information content (AvgIpc) is 2.73. The van der Waals surface area contributed by atoms with Gasteiger partial charge in [-0.15, -0.1) is 0 Å². The molecule has 0 saturated heterocycles. The van der Waals surface area contributed by atoms with Crippen LogP contribution in [0.1, 0.15) is 67.8 Å². The minimum Gasteiger partial charge on any atom is -0.492 e. The fourth-order valence-electron chi connectivity index (χ4n) is 3.70. The van der Waals surface area contributed by atoms with Crippen LogP contribution < -0.4 is 15.4 Å². The van der Waals surface area contributed by atoms with E-state index in [2.05, 4.69) is 36.6 Å². The topological polar surface area (TPSA) is 50.4 Å². The summed E-state index contributed by atoms with van der Waals surface area (Å²) in [6, 6.07) is 16.1. The Hall–Kier alpha value is -2.33. The molecule has 0 bridgehead atoms. The summed E-state index contributed by atoms with van der Waals surface area (Å²) in [5.41, 5.74) is 2.83. The molecule has 0 heterocycles. The highest BCUT2D eigenvalue weighted by molar-refractivity contribution is 6.04. The standard InChI is InChI=1S/C24H32N2O2/c1-18(2)25-16-17-28-23-14-12-22(13-15-23)26-24(27)21-10-8-20(9-11-21)19-6-4-3-5-7-19/h8-15,18-19,25H,3-7,16-17H2,1-2H3,(H,26,27). The molecule has 0 radical (unpaired) electrons. The van der Waals surface area contributed by atoms with Crippen molar-refractivity contribution in [1.82, 2.24) is 5.32 Å². The summed E-state index contributed by atoms with van der Waals surface area (Å²) in [6.07, 6.45) is 6.54. The number of anilines is 1. The Bertz CT molecular complexity index is 732. The molecule has 1 aliphatic rings. The van der Waals surface area contributed by atoms with Crippen molar-refractivity contribution in [3.63, 3.8) is 0 Å². The summed E-state index contributed by atoms with van der Waals surface area (Å²) in [5.74, 6) is 1.39. The van der Waals surface area contributed by atoms with Crippen LogP contribution in [0.25, 0.3) is 0 Å². The lowest BCUT2D eigenvalue weighted by atomic mass is 9.84. The first-order valence-electron chi connectivity index (χ1n) is 10.5. The summed E-state index contributed by atoms with van der Waals surface area (Å²) in [5, 5.41) is 6.27. The molecule has 1 fully saturated rings. The van der Waals surface area contributed by atoms with Crippen LogP contribution in [-0.4, -0.2) is 25.1 Å². The van der Waals surface area contributed by atoms with Crippen LogP contribution in [0.4, 0.5) is 5.69 Å². The number of hydrogen-bond donors (Lipinski definition) is 2. The molecule has 0 aliphatic heterocycles. The van der Waals surface area contributed by atoms with Crippen LogP contribution >= 0.6 is 0 Å². The monoisotopic (exact) mass is 380 g/mol. The maximum absolute atomic E-state index is 12.5. The maximum Gasteiger partial charge on any atom is 0.255 e. The maximum atomic E-state index is 12.5. The molecule has 1 saturated carbocycles. The normalized spacial score (nSPS) is 14.8. The van der Waals surface area contributed by atoms with E-state index in [0.29, 0.717) is 24.1 Å². The van der Waals surface area contributed by atoms with Gasteiger partial charge < -0.3 is 15.4 Å². The Morgan fingerprint density at radius 3 is 2.32 bits per heavy atom. The highest BCUT2D eigenvalue weighted by Gasteiger charge is 2.16.